The molecule has 116 valence electrons. The van der Waals surface area contributed by atoms with E-state index in [4.69, 9.17) is 9.47 Å². The van der Waals surface area contributed by atoms with E-state index in [1.54, 1.807) is 20.4 Å². The summed E-state index contributed by atoms with van der Waals surface area (Å²) in [5, 5.41) is 2.88. The van der Waals surface area contributed by atoms with Gasteiger partial charge in [0.2, 0.25) is 11.8 Å². The molecule has 2 rings (SSSR count). The summed E-state index contributed by atoms with van der Waals surface area (Å²) in [4.78, 5) is 16.1. The molecular formula is C17H20N2O3. The van der Waals surface area contributed by atoms with Gasteiger partial charge in [-0.2, -0.15) is 0 Å². The third-order valence-corrected chi connectivity index (χ3v) is 3.33. The van der Waals surface area contributed by atoms with E-state index < -0.39 is 0 Å². The van der Waals surface area contributed by atoms with Gasteiger partial charge in [-0.15, -0.1) is 0 Å². The van der Waals surface area contributed by atoms with Crippen LogP contribution in [0.3, 0.4) is 0 Å². The van der Waals surface area contributed by atoms with E-state index in [1.165, 1.54) is 0 Å². The zero-order valence-electron chi connectivity index (χ0n) is 12.8. The van der Waals surface area contributed by atoms with E-state index in [0.717, 1.165) is 16.9 Å². The lowest BCUT2D eigenvalue weighted by Crippen LogP contribution is -2.23. The zero-order chi connectivity index (χ0) is 15.8. The van der Waals surface area contributed by atoms with Crippen molar-refractivity contribution in [3.8, 4) is 11.6 Å². The molecule has 0 spiro atoms. The van der Waals surface area contributed by atoms with Crippen LogP contribution in [0, 0.1) is 0 Å². The van der Waals surface area contributed by atoms with Crippen molar-refractivity contribution in [2.45, 2.75) is 19.4 Å². The number of hydrogen-bond acceptors (Lipinski definition) is 4. The van der Waals surface area contributed by atoms with E-state index in [0.29, 0.717) is 25.3 Å². The van der Waals surface area contributed by atoms with Crippen LogP contribution in [0.1, 0.15) is 17.5 Å². The molecule has 0 aliphatic heterocycles. The van der Waals surface area contributed by atoms with E-state index in [9.17, 15) is 4.79 Å². The SMILES string of the molecule is COc1ccccc1CCC(=O)NCc1cccnc1OC. The summed E-state index contributed by atoms with van der Waals surface area (Å²) >= 11 is 0. The van der Waals surface area contributed by atoms with E-state index in [2.05, 4.69) is 10.3 Å². The van der Waals surface area contributed by atoms with Crippen molar-refractivity contribution in [1.29, 1.82) is 0 Å². The van der Waals surface area contributed by atoms with E-state index >= 15 is 0 Å². The number of nitrogens with one attached hydrogen (secondary N) is 1. The summed E-state index contributed by atoms with van der Waals surface area (Å²) in [6.07, 6.45) is 2.70. The highest BCUT2D eigenvalue weighted by Gasteiger charge is 2.08. The average Bonchev–Trinajstić information content (AvgIpc) is 2.58. The fourth-order valence-electron chi connectivity index (χ4n) is 2.18. The molecule has 0 saturated carbocycles. The van der Waals surface area contributed by atoms with Crippen molar-refractivity contribution >= 4 is 5.91 Å². The number of hydrogen-bond donors (Lipinski definition) is 1. The maximum Gasteiger partial charge on any atom is 0.220 e. The monoisotopic (exact) mass is 300 g/mol. The summed E-state index contributed by atoms with van der Waals surface area (Å²) in [6, 6.07) is 11.4. The number of aromatic nitrogens is 1. The number of aryl methyl sites for hydroxylation is 1. The molecule has 0 atom stereocenters. The minimum Gasteiger partial charge on any atom is -0.496 e. The van der Waals surface area contributed by atoms with Crippen molar-refractivity contribution in [2.24, 2.45) is 0 Å². The van der Waals surface area contributed by atoms with E-state index in [1.807, 2.05) is 36.4 Å². The molecule has 1 amide bonds. The lowest BCUT2D eigenvalue weighted by atomic mass is 10.1. The fourth-order valence-corrected chi connectivity index (χ4v) is 2.18. The number of carbonyl (C=O) groups is 1. The molecule has 1 heterocycles. The van der Waals surface area contributed by atoms with Gasteiger partial charge < -0.3 is 14.8 Å². The Morgan fingerprint density at radius 2 is 1.86 bits per heavy atom. The van der Waals surface area contributed by atoms with Crippen LogP contribution in [-0.2, 0) is 17.8 Å². The van der Waals surface area contributed by atoms with Crippen LogP contribution in [0.2, 0.25) is 0 Å². The van der Waals surface area contributed by atoms with Gasteiger partial charge in [0, 0.05) is 24.7 Å². The number of nitrogens with zero attached hydrogens (tertiary/aromatic N) is 1. The number of pyridine rings is 1. The fraction of sp³-hybridized carbons (Fsp3) is 0.294. The molecule has 0 saturated heterocycles. The van der Waals surface area contributed by atoms with Gasteiger partial charge in [0.1, 0.15) is 5.75 Å². The number of benzene rings is 1. The van der Waals surface area contributed by atoms with Crippen LogP contribution in [-0.4, -0.2) is 25.1 Å². The molecule has 1 aromatic heterocycles. The van der Waals surface area contributed by atoms with Crippen molar-refractivity contribution in [3.05, 3.63) is 53.7 Å². The standard InChI is InChI=1S/C17H20N2O3/c1-21-15-8-4-3-6-13(15)9-10-16(20)19-12-14-7-5-11-18-17(14)22-2/h3-8,11H,9-10,12H2,1-2H3,(H,19,20). The molecule has 0 radical (unpaired) electrons. The van der Waals surface area contributed by atoms with Crippen LogP contribution >= 0.6 is 0 Å². The third kappa shape index (κ3) is 4.22. The van der Waals surface area contributed by atoms with Gasteiger partial charge in [0.25, 0.3) is 0 Å². The number of ether oxygens (including phenoxy) is 2. The molecule has 1 N–H and O–H groups in total. The molecule has 2 aromatic rings. The Morgan fingerprint density at radius 3 is 2.64 bits per heavy atom. The van der Waals surface area contributed by atoms with Crippen LogP contribution in [0.15, 0.2) is 42.6 Å². The Hall–Kier alpha value is -2.56. The average molecular weight is 300 g/mol. The van der Waals surface area contributed by atoms with E-state index in [-0.39, 0.29) is 5.91 Å². The number of amides is 1. The second-order valence-electron chi connectivity index (χ2n) is 4.76. The second-order valence-corrected chi connectivity index (χ2v) is 4.76. The Morgan fingerprint density at radius 1 is 1.09 bits per heavy atom. The number of para-hydroxylation sites is 1. The summed E-state index contributed by atoms with van der Waals surface area (Å²) in [6.45, 7) is 0.405. The van der Waals surface area contributed by atoms with Gasteiger partial charge >= 0.3 is 0 Å². The van der Waals surface area contributed by atoms with Crippen molar-refractivity contribution < 1.29 is 14.3 Å². The van der Waals surface area contributed by atoms with Crippen LogP contribution in [0.25, 0.3) is 0 Å². The lowest BCUT2D eigenvalue weighted by molar-refractivity contribution is -0.121. The smallest absolute Gasteiger partial charge is 0.220 e. The van der Waals surface area contributed by atoms with Crippen molar-refractivity contribution in [1.82, 2.24) is 10.3 Å². The molecule has 0 aliphatic carbocycles. The Balaban J connectivity index is 1.86. The highest BCUT2D eigenvalue weighted by molar-refractivity contribution is 5.76. The maximum absolute atomic E-state index is 12.0. The number of carbonyl (C=O) groups excluding carboxylic acids is 1. The molecule has 0 bridgehead atoms. The quantitative estimate of drug-likeness (QED) is 0.852. The molecule has 5 nitrogen and oxygen atoms in total. The first-order valence-electron chi connectivity index (χ1n) is 7.11. The second kappa shape index (κ2) is 8.02. The molecular weight excluding hydrogens is 280 g/mol. The van der Waals surface area contributed by atoms with Crippen molar-refractivity contribution in [3.63, 3.8) is 0 Å². The van der Waals surface area contributed by atoms with Gasteiger partial charge in [-0.25, -0.2) is 4.98 Å². The normalized spacial score (nSPS) is 10.1. The first-order chi connectivity index (χ1) is 10.7. The molecule has 0 fully saturated rings. The summed E-state index contributed by atoms with van der Waals surface area (Å²) in [5.41, 5.74) is 1.88. The zero-order valence-corrected chi connectivity index (χ0v) is 12.8. The predicted molar refractivity (Wildman–Crippen MR) is 84.0 cm³/mol. The van der Waals surface area contributed by atoms with Gasteiger partial charge in [-0.1, -0.05) is 24.3 Å². The summed E-state index contributed by atoms with van der Waals surface area (Å²) < 4.78 is 10.4. The molecule has 1 aromatic carbocycles. The van der Waals surface area contributed by atoms with Crippen LogP contribution in [0.4, 0.5) is 0 Å². The molecule has 22 heavy (non-hydrogen) atoms. The lowest BCUT2D eigenvalue weighted by Gasteiger charge is -2.10. The number of methoxy groups -OCH3 is 2. The number of rotatable bonds is 7. The Labute approximate surface area is 130 Å². The first-order valence-corrected chi connectivity index (χ1v) is 7.11. The highest BCUT2D eigenvalue weighted by atomic mass is 16.5. The molecule has 0 aliphatic rings. The van der Waals surface area contributed by atoms with Gasteiger partial charge in [0.05, 0.1) is 14.2 Å². The Bertz CT molecular complexity index is 575. The first kappa shape index (κ1) is 15.8. The van der Waals surface area contributed by atoms with Crippen LogP contribution in [0.5, 0.6) is 11.6 Å². The predicted octanol–water partition coefficient (Wildman–Crippen LogP) is 2.35. The van der Waals surface area contributed by atoms with Gasteiger partial charge in [-0.05, 0) is 24.1 Å². The van der Waals surface area contributed by atoms with Crippen molar-refractivity contribution in [2.75, 3.05) is 14.2 Å². The topological polar surface area (TPSA) is 60.5 Å². The molecule has 5 heteroatoms. The van der Waals surface area contributed by atoms with Gasteiger partial charge in [0.15, 0.2) is 0 Å². The summed E-state index contributed by atoms with van der Waals surface area (Å²) in [7, 11) is 3.20. The molecule has 0 unspecified atom stereocenters. The minimum atomic E-state index is -0.0168. The Kier molecular flexibility index (Phi) is 5.77. The maximum atomic E-state index is 12.0. The van der Waals surface area contributed by atoms with Gasteiger partial charge in [-0.3, -0.25) is 4.79 Å². The highest BCUT2D eigenvalue weighted by Crippen LogP contribution is 2.19. The minimum absolute atomic E-state index is 0.0168. The van der Waals surface area contributed by atoms with Crippen LogP contribution < -0.4 is 14.8 Å². The third-order valence-electron chi connectivity index (χ3n) is 3.33. The summed E-state index contributed by atoms with van der Waals surface area (Å²) in [5.74, 6) is 1.33. The largest absolute Gasteiger partial charge is 0.496 e.